The summed E-state index contributed by atoms with van der Waals surface area (Å²) in [6.45, 7) is 2.96. The minimum Gasteiger partial charge on any atom is -0.497 e. The van der Waals surface area contributed by atoms with Crippen LogP contribution in [0.15, 0.2) is 41.6 Å². The Balaban J connectivity index is 1.64. The van der Waals surface area contributed by atoms with Gasteiger partial charge in [-0.2, -0.15) is 4.31 Å². The molecule has 9 heteroatoms. The zero-order valence-electron chi connectivity index (χ0n) is 14.3. The number of aromatic nitrogens is 2. The van der Waals surface area contributed by atoms with Gasteiger partial charge in [0.2, 0.25) is 10.0 Å². The predicted octanol–water partition coefficient (Wildman–Crippen LogP) is 1.53. The lowest BCUT2D eigenvalue weighted by Crippen LogP contribution is -2.48. The van der Waals surface area contributed by atoms with E-state index in [-0.39, 0.29) is 0 Å². The van der Waals surface area contributed by atoms with Crippen molar-refractivity contribution < 1.29 is 13.2 Å². The number of sulfonamides is 1. The molecule has 0 N–H and O–H groups in total. The zero-order valence-corrected chi connectivity index (χ0v) is 16.0. The van der Waals surface area contributed by atoms with Crippen molar-refractivity contribution >= 4 is 22.2 Å². The van der Waals surface area contributed by atoms with E-state index in [0.717, 1.165) is 4.77 Å². The predicted molar refractivity (Wildman–Crippen MR) is 97.6 cm³/mol. The highest BCUT2D eigenvalue weighted by Crippen LogP contribution is 2.20. The molecule has 0 saturated carbocycles. The molecule has 3 rings (SSSR count). The molecule has 0 amide bonds. The van der Waals surface area contributed by atoms with Crippen LogP contribution in [0, 0.1) is 4.77 Å². The van der Waals surface area contributed by atoms with E-state index in [1.807, 2.05) is 28.6 Å². The summed E-state index contributed by atoms with van der Waals surface area (Å²) in [6, 6.07) is 6.51. The molecule has 1 aromatic carbocycles. The maximum absolute atomic E-state index is 12.8. The van der Waals surface area contributed by atoms with Gasteiger partial charge in [0, 0.05) is 45.6 Å². The number of ether oxygens (including phenoxy) is 1. The molecule has 1 aromatic heterocycles. The molecule has 136 valence electrons. The lowest BCUT2D eigenvalue weighted by molar-refractivity contribution is 0.151. The molecule has 7 nitrogen and oxygen atoms in total. The molecule has 0 aliphatic carbocycles. The van der Waals surface area contributed by atoms with E-state index in [1.54, 1.807) is 31.4 Å². The first kappa shape index (κ1) is 18.1. The van der Waals surface area contributed by atoms with Gasteiger partial charge in [0.15, 0.2) is 4.77 Å². The molecular formula is C16H22N4O3S2. The summed E-state index contributed by atoms with van der Waals surface area (Å²) in [7, 11) is 0.00442. The molecule has 2 aromatic rings. The molecule has 1 fully saturated rings. The number of aryl methyl sites for hydroxylation is 1. The van der Waals surface area contributed by atoms with Crippen LogP contribution in [0.25, 0.3) is 0 Å². The van der Waals surface area contributed by atoms with E-state index in [4.69, 9.17) is 17.0 Å². The minimum absolute atomic E-state index is 0.298. The highest BCUT2D eigenvalue weighted by Gasteiger charge is 2.28. The van der Waals surface area contributed by atoms with Crippen molar-refractivity contribution in [2.24, 2.45) is 7.05 Å². The van der Waals surface area contributed by atoms with Crippen LogP contribution in [-0.4, -0.2) is 60.0 Å². The van der Waals surface area contributed by atoms with Gasteiger partial charge in [-0.3, -0.25) is 4.90 Å². The fraction of sp³-hybridized carbons (Fsp3) is 0.438. The van der Waals surface area contributed by atoms with Crippen LogP contribution in [-0.2, 0) is 23.7 Å². The number of rotatable bonds is 5. The van der Waals surface area contributed by atoms with Crippen LogP contribution >= 0.6 is 12.2 Å². The van der Waals surface area contributed by atoms with Gasteiger partial charge in [-0.1, -0.05) is 0 Å². The van der Waals surface area contributed by atoms with Gasteiger partial charge >= 0.3 is 0 Å². The Morgan fingerprint density at radius 3 is 2.24 bits per heavy atom. The van der Waals surface area contributed by atoms with Gasteiger partial charge in [-0.05, 0) is 36.5 Å². The number of methoxy groups -OCH3 is 1. The highest BCUT2D eigenvalue weighted by atomic mass is 32.2. The van der Waals surface area contributed by atoms with Gasteiger partial charge in [-0.15, -0.1) is 0 Å². The summed E-state index contributed by atoms with van der Waals surface area (Å²) < 4.78 is 36.8. The van der Waals surface area contributed by atoms with Crippen molar-refractivity contribution in [2.45, 2.75) is 11.6 Å². The summed E-state index contributed by atoms with van der Waals surface area (Å²) in [5.74, 6) is 0.642. The van der Waals surface area contributed by atoms with Crippen molar-refractivity contribution in [3.05, 3.63) is 41.4 Å². The molecule has 2 heterocycles. The van der Waals surface area contributed by atoms with Crippen LogP contribution in [0.2, 0.25) is 0 Å². The third-order valence-corrected chi connectivity index (χ3v) is 6.83. The van der Waals surface area contributed by atoms with E-state index >= 15 is 0 Å². The Hall–Kier alpha value is -1.68. The van der Waals surface area contributed by atoms with Crippen LogP contribution in [0.4, 0.5) is 0 Å². The van der Waals surface area contributed by atoms with Crippen LogP contribution in [0.1, 0.15) is 0 Å². The number of piperazine rings is 1. The lowest BCUT2D eigenvalue weighted by Gasteiger charge is -2.34. The molecular weight excluding hydrogens is 360 g/mol. The van der Waals surface area contributed by atoms with Crippen LogP contribution in [0.5, 0.6) is 5.75 Å². The second-order valence-corrected chi connectivity index (χ2v) is 8.30. The summed E-state index contributed by atoms with van der Waals surface area (Å²) in [4.78, 5) is 2.50. The van der Waals surface area contributed by atoms with E-state index in [9.17, 15) is 8.42 Å². The number of nitrogens with zero attached hydrogens (tertiary/aromatic N) is 4. The van der Waals surface area contributed by atoms with Crippen molar-refractivity contribution in [3.63, 3.8) is 0 Å². The normalized spacial score (nSPS) is 16.9. The average molecular weight is 383 g/mol. The van der Waals surface area contributed by atoms with E-state index in [2.05, 4.69) is 4.90 Å². The van der Waals surface area contributed by atoms with Gasteiger partial charge in [0.05, 0.1) is 18.7 Å². The molecule has 0 radical (unpaired) electrons. The number of benzene rings is 1. The monoisotopic (exact) mass is 382 g/mol. The highest BCUT2D eigenvalue weighted by molar-refractivity contribution is 7.89. The standard InChI is InChI=1S/C16H22N4O3S2/c1-17-7-10-19(16(17)24)13-18-8-11-20(12-9-18)25(21,22)15-5-3-14(23-2)4-6-15/h3-7,10H,8-9,11-13H2,1-2H3. The Kier molecular flexibility index (Phi) is 5.28. The summed E-state index contributed by atoms with van der Waals surface area (Å²) in [5.41, 5.74) is 0. The molecule has 1 saturated heterocycles. The fourth-order valence-corrected chi connectivity index (χ4v) is 4.44. The number of hydrogen-bond donors (Lipinski definition) is 0. The second-order valence-electron chi connectivity index (χ2n) is 6.00. The van der Waals surface area contributed by atoms with E-state index in [0.29, 0.717) is 43.5 Å². The Morgan fingerprint density at radius 2 is 1.72 bits per heavy atom. The van der Waals surface area contributed by atoms with Crippen molar-refractivity contribution in [2.75, 3.05) is 33.3 Å². The van der Waals surface area contributed by atoms with Gasteiger partial charge in [0.25, 0.3) is 0 Å². The van der Waals surface area contributed by atoms with Crippen molar-refractivity contribution in [1.82, 2.24) is 18.3 Å². The topological polar surface area (TPSA) is 59.7 Å². The largest absolute Gasteiger partial charge is 0.497 e. The van der Waals surface area contributed by atoms with Crippen LogP contribution in [0.3, 0.4) is 0 Å². The maximum Gasteiger partial charge on any atom is 0.243 e. The molecule has 25 heavy (non-hydrogen) atoms. The SMILES string of the molecule is COc1ccc(S(=O)(=O)N2CCN(Cn3ccn(C)c3=S)CC2)cc1. The molecule has 1 aliphatic rings. The molecule has 0 spiro atoms. The van der Waals surface area contributed by atoms with E-state index in [1.165, 1.54) is 4.31 Å². The number of imidazole rings is 1. The zero-order chi connectivity index (χ0) is 18.0. The Labute approximate surface area is 153 Å². The third kappa shape index (κ3) is 3.79. The average Bonchev–Trinajstić information content (AvgIpc) is 2.94. The summed E-state index contributed by atoms with van der Waals surface area (Å²) in [6.07, 6.45) is 3.87. The first-order valence-corrected chi connectivity index (χ1v) is 9.85. The third-order valence-electron chi connectivity index (χ3n) is 4.40. The quantitative estimate of drug-likeness (QED) is 0.734. The maximum atomic E-state index is 12.8. The second kappa shape index (κ2) is 7.28. The molecule has 0 bridgehead atoms. The first-order chi connectivity index (χ1) is 11.9. The van der Waals surface area contributed by atoms with Gasteiger partial charge < -0.3 is 13.9 Å². The van der Waals surface area contributed by atoms with E-state index < -0.39 is 10.0 Å². The smallest absolute Gasteiger partial charge is 0.243 e. The molecule has 0 atom stereocenters. The van der Waals surface area contributed by atoms with Gasteiger partial charge in [-0.25, -0.2) is 8.42 Å². The Bertz CT molecular complexity index is 879. The Morgan fingerprint density at radius 1 is 1.08 bits per heavy atom. The lowest BCUT2D eigenvalue weighted by atomic mass is 10.3. The summed E-state index contributed by atoms with van der Waals surface area (Å²) in [5, 5.41) is 0. The van der Waals surface area contributed by atoms with Crippen molar-refractivity contribution in [3.8, 4) is 5.75 Å². The fourth-order valence-electron chi connectivity index (χ4n) is 2.84. The van der Waals surface area contributed by atoms with Crippen molar-refractivity contribution in [1.29, 1.82) is 0 Å². The first-order valence-electron chi connectivity index (χ1n) is 8.00. The van der Waals surface area contributed by atoms with Crippen LogP contribution < -0.4 is 4.74 Å². The minimum atomic E-state index is -3.47. The number of hydrogen-bond acceptors (Lipinski definition) is 5. The molecule has 1 aliphatic heterocycles. The molecule has 0 unspecified atom stereocenters. The van der Waals surface area contributed by atoms with Gasteiger partial charge in [0.1, 0.15) is 5.75 Å². The summed E-state index contributed by atoms with van der Waals surface area (Å²) >= 11 is 5.34.